The lowest BCUT2D eigenvalue weighted by molar-refractivity contribution is 0.103. The van der Waals surface area contributed by atoms with Gasteiger partial charge in [0.25, 0.3) is 5.56 Å². The van der Waals surface area contributed by atoms with Crippen LogP contribution in [0.25, 0.3) is 11.1 Å². The van der Waals surface area contributed by atoms with Crippen LogP contribution in [0.3, 0.4) is 0 Å². The number of nitrogens with one attached hydrogen (secondary N) is 1. The molecule has 0 saturated heterocycles. The topological polar surface area (TPSA) is 108 Å². The maximum atomic E-state index is 13.5. The standard InChI is InChI=1S/C27H31FN2O5S2/c1-17(29-36(33)27(2,3)4)22-14-25(31)30(5)15-24(22)23-13-18(16-37(6,34)35)7-12-21(23)26(32)19-8-10-20(28)11-9-19/h7-15,17,29H,16H2,1-6H3/t17-,36-/m0/s1. The average molecular weight is 547 g/mol. The largest absolute Gasteiger partial charge is 0.598 e. The number of benzene rings is 2. The quantitative estimate of drug-likeness (QED) is 0.337. The second kappa shape index (κ2) is 10.9. The van der Waals surface area contributed by atoms with Crippen molar-refractivity contribution in [2.75, 3.05) is 6.26 Å². The zero-order valence-electron chi connectivity index (χ0n) is 21.7. The lowest BCUT2D eigenvalue weighted by Crippen LogP contribution is -2.41. The molecule has 1 heterocycles. The first-order valence-corrected chi connectivity index (χ1v) is 14.8. The highest BCUT2D eigenvalue weighted by molar-refractivity contribution is 7.90. The van der Waals surface area contributed by atoms with Crippen molar-refractivity contribution in [2.24, 2.45) is 7.05 Å². The molecule has 0 aliphatic heterocycles. The van der Waals surface area contributed by atoms with E-state index in [1.165, 1.54) is 34.9 Å². The summed E-state index contributed by atoms with van der Waals surface area (Å²) in [6.45, 7) is 7.23. The summed E-state index contributed by atoms with van der Waals surface area (Å²) in [4.78, 5) is 26.1. The minimum absolute atomic E-state index is 0.242. The van der Waals surface area contributed by atoms with E-state index in [9.17, 15) is 27.0 Å². The molecule has 0 spiro atoms. The molecule has 0 fully saturated rings. The molecule has 0 bridgehead atoms. The van der Waals surface area contributed by atoms with Crippen molar-refractivity contribution < 1.29 is 22.2 Å². The Balaban J connectivity index is 2.26. The molecule has 37 heavy (non-hydrogen) atoms. The van der Waals surface area contributed by atoms with E-state index in [0.29, 0.717) is 22.3 Å². The molecule has 1 aromatic heterocycles. The molecule has 0 unspecified atom stereocenters. The van der Waals surface area contributed by atoms with Gasteiger partial charge in [-0.2, -0.15) is 0 Å². The van der Waals surface area contributed by atoms with Crippen LogP contribution < -0.4 is 10.3 Å². The summed E-state index contributed by atoms with van der Waals surface area (Å²) >= 11 is -1.45. The van der Waals surface area contributed by atoms with Gasteiger partial charge >= 0.3 is 0 Å². The molecular weight excluding hydrogens is 515 g/mol. The van der Waals surface area contributed by atoms with Gasteiger partial charge < -0.3 is 9.12 Å². The fourth-order valence-electron chi connectivity index (χ4n) is 3.79. The first-order chi connectivity index (χ1) is 17.1. The molecule has 2 atom stereocenters. The van der Waals surface area contributed by atoms with Gasteiger partial charge in [-0.3, -0.25) is 9.59 Å². The van der Waals surface area contributed by atoms with Crippen LogP contribution in [0.2, 0.25) is 0 Å². The first kappa shape index (κ1) is 28.8. The van der Waals surface area contributed by atoms with Gasteiger partial charge in [0.05, 0.1) is 11.8 Å². The molecule has 0 aliphatic carbocycles. The summed E-state index contributed by atoms with van der Waals surface area (Å²) in [7, 11) is -1.80. The van der Waals surface area contributed by atoms with Gasteiger partial charge in [-0.15, -0.1) is 4.72 Å². The van der Waals surface area contributed by atoms with E-state index in [-0.39, 0.29) is 28.2 Å². The monoisotopic (exact) mass is 546 g/mol. The van der Waals surface area contributed by atoms with E-state index in [1.807, 2.05) is 20.8 Å². The Morgan fingerprint density at radius 3 is 2.30 bits per heavy atom. The third kappa shape index (κ3) is 7.16. The minimum Gasteiger partial charge on any atom is -0.598 e. The molecule has 0 radical (unpaired) electrons. The Hall–Kier alpha value is -2.79. The van der Waals surface area contributed by atoms with Gasteiger partial charge in [0.15, 0.2) is 15.6 Å². The van der Waals surface area contributed by atoms with Crippen LogP contribution in [0.15, 0.2) is 59.5 Å². The summed E-state index contributed by atoms with van der Waals surface area (Å²) in [6, 6.07) is 10.7. The predicted octanol–water partition coefficient (Wildman–Crippen LogP) is 4.08. The van der Waals surface area contributed by atoms with E-state index >= 15 is 0 Å². The summed E-state index contributed by atoms with van der Waals surface area (Å²) in [6.07, 6.45) is 2.70. The summed E-state index contributed by atoms with van der Waals surface area (Å²) in [5.74, 6) is -1.11. The maximum Gasteiger partial charge on any atom is 0.250 e. The van der Waals surface area contributed by atoms with Gasteiger partial charge in [-0.1, -0.05) is 12.1 Å². The number of pyridine rings is 1. The van der Waals surface area contributed by atoms with Crippen LogP contribution in [-0.4, -0.2) is 34.3 Å². The molecule has 0 saturated carbocycles. The zero-order chi connectivity index (χ0) is 27.7. The number of halogens is 1. The number of sulfone groups is 1. The third-order valence-electron chi connectivity index (χ3n) is 5.72. The molecule has 10 heteroatoms. The zero-order valence-corrected chi connectivity index (χ0v) is 23.3. The van der Waals surface area contributed by atoms with Crippen molar-refractivity contribution in [1.29, 1.82) is 0 Å². The molecule has 7 nitrogen and oxygen atoms in total. The molecule has 3 aromatic rings. The van der Waals surface area contributed by atoms with E-state index < -0.39 is 37.8 Å². The Morgan fingerprint density at radius 1 is 1.11 bits per heavy atom. The van der Waals surface area contributed by atoms with Crippen molar-refractivity contribution in [3.8, 4) is 11.1 Å². The summed E-state index contributed by atoms with van der Waals surface area (Å²) in [5, 5.41) is 0. The highest BCUT2D eigenvalue weighted by Gasteiger charge is 2.30. The van der Waals surface area contributed by atoms with Gasteiger partial charge in [-0.25, -0.2) is 12.8 Å². The minimum atomic E-state index is -3.37. The van der Waals surface area contributed by atoms with Gasteiger partial charge in [-0.05, 0) is 74.7 Å². The van der Waals surface area contributed by atoms with Crippen molar-refractivity contribution in [3.05, 3.63) is 93.2 Å². The van der Waals surface area contributed by atoms with Crippen LogP contribution in [0.1, 0.15) is 60.8 Å². The molecule has 198 valence electrons. The Labute approximate surface area is 220 Å². The van der Waals surface area contributed by atoms with E-state index in [1.54, 1.807) is 38.4 Å². The highest BCUT2D eigenvalue weighted by atomic mass is 32.2. The number of nitrogens with zero attached hydrogens (tertiary/aromatic N) is 1. The average Bonchev–Trinajstić information content (AvgIpc) is 2.78. The van der Waals surface area contributed by atoms with Crippen LogP contribution in [0, 0.1) is 5.82 Å². The predicted molar refractivity (Wildman–Crippen MR) is 145 cm³/mol. The van der Waals surface area contributed by atoms with Gasteiger partial charge in [0, 0.05) is 53.6 Å². The second-order valence-electron chi connectivity index (χ2n) is 10.1. The first-order valence-electron chi connectivity index (χ1n) is 11.6. The van der Waals surface area contributed by atoms with Gasteiger partial charge in [0.1, 0.15) is 10.6 Å². The number of hydrogen-bond acceptors (Lipinski definition) is 6. The van der Waals surface area contributed by atoms with Crippen molar-refractivity contribution in [2.45, 2.75) is 44.2 Å². The number of aromatic nitrogens is 1. The molecule has 2 aromatic carbocycles. The second-order valence-corrected chi connectivity index (χ2v) is 14.2. The highest BCUT2D eigenvalue weighted by Crippen LogP contribution is 2.33. The van der Waals surface area contributed by atoms with Crippen LogP contribution >= 0.6 is 0 Å². The fourth-order valence-corrected chi connectivity index (χ4v) is 5.38. The van der Waals surface area contributed by atoms with Crippen LogP contribution in [-0.2, 0) is 34.0 Å². The van der Waals surface area contributed by atoms with E-state index in [2.05, 4.69) is 4.72 Å². The molecule has 1 N–H and O–H groups in total. The smallest absolute Gasteiger partial charge is 0.250 e. The lowest BCUT2D eigenvalue weighted by Gasteiger charge is -2.27. The summed E-state index contributed by atoms with van der Waals surface area (Å²) < 4.78 is 54.2. The van der Waals surface area contributed by atoms with Crippen LogP contribution in [0.5, 0.6) is 0 Å². The number of hydrogen-bond donors (Lipinski definition) is 1. The SMILES string of the molecule is C[C@H](N[S@@+]([O-])C(C)(C)C)c1cc(=O)n(C)cc1-c1cc(CS(C)(=O)=O)ccc1C(=O)c1ccc(F)cc1. The van der Waals surface area contributed by atoms with Crippen molar-refractivity contribution >= 4 is 27.0 Å². The van der Waals surface area contributed by atoms with Crippen LogP contribution in [0.4, 0.5) is 4.39 Å². The van der Waals surface area contributed by atoms with Crippen molar-refractivity contribution in [3.63, 3.8) is 0 Å². The van der Waals surface area contributed by atoms with E-state index in [0.717, 1.165) is 6.26 Å². The number of rotatable bonds is 8. The lowest BCUT2D eigenvalue weighted by atomic mass is 9.89. The number of ketones is 1. The number of carbonyl (C=O) groups is 1. The van der Waals surface area contributed by atoms with Gasteiger partial charge in [0.2, 0.25) is 0 Å². The normalized spacial score (nSPS) is 13.8. The Kier molecular flexibility index (Phi) is 8.48. The molecular formula is C27H31FN2O5S2. The Morgan fingerprint density at radius 2 is 1.73 bits per heavy atom. The summed E-state index contributed by atoms with van der Waals surface area (Å²) in [5.41, 5.74) is 2.10. The third-order valence-corrected chi connectivity index (χ3v) is 8.26. The molecule has 3 rings (SSSR count). The van der Waals surface area contributed by atoms with Crippen molar-refractivity contribution in [1.82, 2.24) is 9.29 Å². The number of aryl methyl sites for hydroxylation is 1. The maximum absolute atomic E-state index is 13.5. The fraction of sp³-hybridized carbons (Fsp3) is 0.333. The Bertz CT molecular complexity index is 1480. The molecule has 0 aliphatic rings. The van der Waals surface area contributed by atoms with E-state index in [4.69, 9.17) is 0 Å². The number of carbonyl (C=O) groups excluding carboxylic acids is 1. The molecule has 0 amide bonds.